The largest absolute Gasteiger partial charge is 0.507 e. The number of hydrogen-bond donors (Lipinski definition) is 2. The molecule has 202 valence electrons. The van der Waals surface area contributed by atoms with Crippen LogP contribution in [0.15, 0.2) is 60.7 Å². The van der Waals surface area contributed by atoms with Crippen LogP contribution in [0.5, 0.6) is 17.2 Å². The van der Waals surface area contributed by atoms with Gasteiger partial charge in [0.1, 0.15) is 23.7 Å². The highest BCUT2D eigenvalue weighted by Gasteiger charge is 2.42. The third-order valence-corrected chi connectivity index (χ3v) is 6.92. The van der Waals surface area contributed by atoms with Gasteiger partial charge >= 0.3 is 0 Å². The van der Waals surface area contributed by atoms with Crippen LogP contribution in [-0.2, 0) is 11.3 Å². The predicted molar refractivity (Wildman–Crippen MR) is 148 cm³/mol. The maximum atomic E-state index is 13.6. The number of benzene rings is 3. The number of phenols is 1. The fourth-order valence-electron chi connectivity index (χ4n) is 5.22. The summed E-state index contributed by atoms with van der Waals surface area (Å²) < 4.78 is 17.4. The minimum absolute atomic E-state index is 0.128. The first-order valence-electron chi connectivity index (χ1n) is 13.0. The van der Waals surface area contributed by atoms with Crippen molar-refractivity contribution in [2.75, 3.05) is 26.9 Å². The maximum Gasteiger partial charge on any atom is 0.273 e. The van der Waals surface area contributed by atoms with Crippen molar-refractivity contribution in [2.45, 2.75) is 33.4 Å². The van der Waals surface area contributed by atoms with E-state index >= 15 is 0 Å². The van der Waals surface area contributed by atoms with E-state index in [1.165, 1.54) is 0 Å². The van der Waals surface area contributed by atoms with Gasteiger partial charge < -0.3 is 24.2 Å². The van der Waals surface area contributed by atoms with Crippen LogP contribution < -0.4 is 9.47 Å². The first-order valence-corrected chi connectivity index (χ1v) is 13.0. The number of phenolic OH excluding ortho intramolecular Hbond substituents is 1. The van der Waals surface area contributed by atoms with Crippen LogP contribution >= 0.6 is 0 Å². The second kappa shape index (κ2) is 11.2. The number of aromatic amines is 1. The molecular weight excluding hydrogens is 494 g/mol. The number of aryl methyl sites for hydroxylation is 2. The molecule has 1 unspecified atom stereocenters. The highest BCUT2D eigenvalue weighted by atomic mass is 16.5. The second-order valence-electron chi connectivity index (χ2n) is 9.64. The maximum absolute atomic E-state index is 13.6. The Morgan fingerprint density at radius 3 is 2.54 bits per heavy atom. The third-order valence-electron chi connectivity index (χ3n) is 6.92. The SMILES string of the molecule is CCOc1cc(C2c3c(-c4c(C)cc(C)cc4O)n[nH]c3C(=O)N2CCOC)ccc1OCc1ccccc1. The molecule has 0 bridgehead atoms. The van der Waals surface area contributed by atoms with Gasteiger partial charge in [-0.25, -0.2) is 0 Å². The van der Waals surface area contributed by atoms with Crippen molar-refractivity contribution >= 4 is 5.91 Å². The lowest BCUT2D eigenvalue weighted by Crippen LogP contribution is -2.32. The molecule has 4 aromatic rings. The molecule has 2 heterocycles. The normalized spacial score (nSPS) is 14.5. The second-order valence-corrected chi connectivity index (χ2v) is 9.64. The van der Waals surface area contributed by atoms with Gasteiger partial charge in [0.2, 0.25) is 0 Å². The summed E-state index contributed by atoms with van der Waals surface area (Å²) in [5.74, 6) is 1.18. The van der Waals surface area contributed by atoms with Crippen LogP contribution in [0, 0.1) is 13.8 Å². The zero-order chi connectivity index (χ0) is 27.5. The number of aromatic nitrogens is 2. The molecule has 3 aromatic carbocycles. The summed E-state index contributed by atoms with van der Waals surface area (Å²) in [5, 5.41) is 18.4. The van der Waals surface area contributed by atoms with Gasteiger partial charge in [-0.15, -0.1) is 0 Å². The molecule has 2 N–H and O–H groups in total. The number of rotatable bonds is 10. The topological polar surface area (TPSA) is 96.9 Å². The Hall–Kier alpha value is -4.30. The van der Waals surface area contributed by atoms with E-state index in [0.29, 0.717) is 54.8 Å². The van der Waals surface area contributed by atoms with E-state index in [4.69, 9.17) is 14.2 Å². The summed E-state index contributed by atoms with van der Waals surface area (Å²) >= 11 is 0. The van der Waals surface area contributed by atoms with Crippen molar-refractivity contribution in [3.63, 3.8) is 0 Å². The van der Waals surface area contributed by atoms with Crippen molar-refractivity contribution in [1.29, 1.82) is 0 Å². The average Bonchev–Trinajstić information content (AvgIpc) is 3.45. The summed E-state index contributed by atoms with van der Waals surface area (Å²) in [7, 11) is 1.61. The smallest absolute Gasteiger partial charge is 0.273 e. The predicted octanol–water partition coefficient (Wildman–Crippen LogP) is 5.57. The van der Waals surface area contributed by atoms with E-state index in [1.54, 1.807) is 18.1 Å². The van der Waals surface area contributed by atoms with E-state index in [0.717, 1.165) is 27.8 Å². The Bertz CT molecular complexity index is 1460. The number of carbonyl (C=O) groups excluding carboxylic acids is 1. The number of aromatic hydroxyl groups is 1. The molecule has 0 spiro atoms. The fourth-order valence-corrected chi connectivity index (χ4v) is 5.22. The molecule has 1 aliphatic rings. The van der Waals surface area contributed by atoms with Crippen LogP contribution in [0.4, 0.5) is 0 Å². The molecule has 1 aromatic heterocycles. The Kier molecular flexibility index (Phi) is 7.56. The number of H-pyrrole nitrogens is 1. The Morgan fingerprint density at radius 1 is 1.03 bits per heavy atom. The summed E-state index contributed by atoms with van der Waals surface area (Å²) in [6.07, 6.45) is 0. The van der Waals surface area contributed by atoms with Gasteiger partial charge in [0, 0.05) is 24.8 Å². The van der Waals surface area contributed by atoms with Gasteiger partial charge in [-0.05, 0) is 61.2 Å². The minimum atomic E-state index is -0.459. The van der Waals surface area contributed by atoms with Crippen LogP contribution in [0.1, 0.15) is 51.3 Å². The van der Waals surface area contributed by atoms with Crippen LogP contribution in [0.3, 0.4) is 0 Å². The Balaban J connectivity index is 1.59. The summed E-state index contributed by atoms with van der Waals surface area (Å²) in [5.41, 5.74) is 6.02. The number of nitrogens with one attached hydrogen (secondary N) is 1. The standard InChI is InChI=1S/C31H33N3O5/c1-5-38-25-17-22(11-12-24(25)39-18-21-9-7-6-8-10-21)30-27-28(26-20(3)15-19(2)16-23(26)35)32-33-29(27)31(36)34(30)13-14-37-4/h6-12,15-17,30,35H,5,13-14,18H2,1-4H3,(H,32,33). The van der Waals surface area contributed by atoms with Crippen LogP contribution in [-0.4, -0.2) is 53.0 Å². The molecule has 1 amide bonds. The molecule has 8 heteroatoms. The fraction of sp³-hybridized carbons (Fsp3) is 0.290. The molecule has 1 aliphatic heterocycles. The molecule has 0 radical (unpaired) electrons. The summed E-state index contributed by atoms with van der Waals surface area (Å²) in [6.45, 7) is 7.42. The Morgan fingerprint density at radius 2 is 1.82 bits per heavy atom. The molecule has 0 aliphatic carbocycles. The summed E-state index contributed by atoms with van der Waals surface area (Å²) in [4.78, 5) is 15.3. The number of amides is 1. The minimum Gasteiger partial charge on any atom is -0.507 e. The van der Waals surface area contributed by atoms with E-state index in [2.05, 4.69) is 10.2 Å². The molecule has 0 saturated carbocycles. The lowest BCUT2D eigenvalue weighted by atomic mass is 9.93. The Labute approximate surface area is 228 Å². The highest BCUT2D eigenvalue weighted by Crippen LogP contribution is 2.46. The van der Waals surface area contributed by atoms with E-state index in [1.807, 2.05) is 75.4 Å². The van der Waals surface area contributed by atoms with Crippen molar-refractivity contribution in [2.24, 2.45) is 0 Å². The molecule has 0 fully saturated rings. The first-order chi connectivity index (χ1) is 18.9. The lowest BCUT2D eigenvalue weighted by molar-refractivity contribution is 0.0677. The molecule has 0 saturated heterocycles. The number of fused-ring (bicyclic) bond motifs is 1. The zero-order valence-electron chi connectivity index (χ0n) is 22.7. The van der Waals surface area contributed by atoms with Crippen molar-refractivity contribution in [3.05, 3.63) is 94.2 Å². The lowest BCUT2D eigenvalue weighted by Gasteiger charge is -2.27. The number of carbonyl (C=O) groups is 1. The zero-order valence-corrected chi connectivity index (χ0v) is 22.7. The van der Waals surface area contributed by atoms with Crippen molar-refractivity contribution in [1.82, 2.24) is 15.1 Å². The van der Waals surface area contributed by atoms with Gasteiger partial charge in [-0.1, -0.05) is 42.5 Å². The summed E-state index contributed by atoms with van der Waals surface area (Å²) in [6, 6.07) is 19.0. The van der Waals surface area contributed by atoms with Gasteiger partial charge in [-0.3, -0.25) is 9.89 Å². The number of methoxy groups -OCH3 is 1. The molecular formula is C31H33N3O5. The van der Waals surface area contributed by atoms with E-state index in [9.17, 15) is 9.90 Å². The first kappa shape index (κ1) is 26.3. The van der Waals surface area contributed by atoms with Gasteiger partial charge in [-0.2, -0.15) is 5.10 Å². The van der Waals surface area contributed by atoms with Crippen molar-refractivity contribution in [3.8, 4) is 28.5 Å². The van der Waals surface area contributed by atoms with Crippen molar-refractivity contribution < 1.29 is 24.1 Å². The molecule has 5 rings (SSSR count). The highest BCUT2D eigenvalue weighted by molar-refractivity contribution is 6.00. The quantitative estimate of drug-likeness (QED) is 0.280. The van der Waals surface area contributed by atoms with E-state index < -0.39 is 6.04 Å². The van der Waals surface area contributed by atoms with Gasteiger partial charge in [0.15, 0.2) is 11.5 Å². The molecule has 1 atom stereocenters. The van der Waals surface area contributed by atoms with Crippen LogP contribution in [0.2, 0.25) is 0 Å². The van der Waals surface area contributed by atoms with Crippen LogP contribution in [0.25, 0.3) is 11.3 Å². The van der Waals surface area contributed by atoms with Gasteiger partial charge in [0.25, 0.3) is 5.91 Å². The molecule has 39 heavy (non-hydrogen) atoms. The van der Waals surface area contributed by atoms with Gasteiger partial charge in [0.05, 0.1) is 19.3 Å². The monoisotopic (exact) mass is 527 g/mol. The number of nitrogens with zero attached hydrogens (tertiary/aromatic N) is 2. The molecule has 8 nitrogen and oxygen atoms in total. The number of hydrogen-bond acceptors (Lipinski definition) is 6. The average molecular weight is 528 g/mol. The number of ether oxygens (including phenoxy) is 3. The third kappa shape index (κ3) is 5.07. The van der Waals surface area contributed by atoms with E-state index in [-0.39, 0.29) is 11.7 Å².